The monoisotopic (exact) mass is 414 g/mol. The van der Waals surface area contributed by atoms with Gasteiger partial charge in [0.2, 0.25) is 0 Å². The van der Waals surface area contributed by atoms with E-state index in [9.17, 15) is 0 Å². The molecule has 0 atom stereocenters. The van der Waals surface area contributed by atoms with E-state index in [0.717, 1.165) is 0 Å². The van der Waals surface area contributed by atoms with Crippen LogP contribution in [0.15, 0.2) is 46.3 Å². The quantitative estimate of drug-likeness (QED) is 0.350. The van der Waals surface area contributed by atoms with Crippen LogP contribution < -0.4 is 0 Å². The van der Waals surface area contributed by atoms with Crippen LogP contribution in [0, 0.1) is 0 Å². The summed E-state index contributed by atoms with van der Waals surface area (Å²) in [4.78, 5) is 11.9. The number of hydrogen-bond acceptors (Lipinski definition) is 0. The molecule has 0 bridgehead atoms. The van der Waals surface area contributed by atoms with E-state index in [1.54, 1.807) is 0 Å². The normalized spacial score (nSPS) is 12.5. The van der Waals surface area contributed by atoms with Gasteiger partial charge in [-0.1, -0.05) is 0 Å². The average Bonchev–Trinajstić information content (AvgIpc) is 3.25. The van der Waals surface area contributed by atoms with Gasteiger partial charge in [0, 0.05) is 0 Å². The molecule has 4 heteroatoms. The van der Waals surface area contributed by atoms with Gasteiger partial charge in [-0.15, -0.1) is 0 Å². The Bertz CT molecular complexity index is 1220. The number of aromatic nitrogens is 2. The van der Waals surface area contributed by atoms with Crippen molar-refractivity contribution in [3.8, 4) is 0 Å². The summed E-state index contributed by atoms with van der Waals surface area (Å²) in [6.45, 7) is 0. The van der Waals surface area contributed by atoms with Crippen LogP contribution in [0.4, 0.5) is 0 Å². The van der Waals surface area contributed by atoms with Crippen LogP contribution in [0.1, 0.15) is 0 Å². The van der Waals surface area contributed by atoms with Crippen molar-refractivity contribution in [2.75, 3.05) is 0 Å². The zero-order valence-corrected chi connectivity index (χ0v) is 14.9. The molecule has 0 aliphatic rings. The Kier molecular flexibility index (Phi) is 2.14. The SMILES string of the molecule is c1cc2cc3[nH]c4c5cc6[se]ccc6cc5[nH]c4c3cc2[se]1. The third kappa shape index (κ3) is 1.41. The average molecular weight is 412 g/mol. The fraction of sp³-hybridized carbons (Fsp3) is 0. The Morgan fingerprint density at radius 2 is 1.14 bits per heavy atom. The van der Waals surface area contributed by atoms with Gasteiger partial charge in [0.05, 0.1) is 0 Å². The molecule has 2 nitrogen and oxygen atoms in total. The summed E-state index contributed by atoms with van der Waals surface area (Å²) in [7, 11) is 0. The minimum absolute atomic E-state index is 0.494. The molecule has 0 saturated heterocycles. The van der Waals surface area contributed by atoms with E-state index in [1.165, 1.54) is 52.1 Å². The number of nitrogens with one attached hydrogen (secondary N) is 2. The van der Waals surface area contributed by atoms with Crippen molar-refractivity contribution in [3.63, 3.8) is 0 Å². The molecule has 6 rings (SSSR count). The van der Waals surface area contributed by atoms with Gasteiger partial charge in [-0.3, -0.25) is 0 Å². The summed E-state index contributed by atoms with van der Waals surface area (Å²) in [5.41, 5.74) is 5.01. The van der Waals surface area contributed by atoms with Gasteiger partial charge >= 0.3 is 137 Å². The first-order valence-corrected chi connectivity index (χ1v) is 10.9. The zero-order chi connectivity index (χ0) is 14.3. The summed E-state index contributed by atoms with van der Waals surface area (Å²) in [6.07, 6.45) is 0. The van der Waals surface area contributed by atoms with Crippen molar-refractivity contribution < 1.29 is 0 Å². The van der Waals surface area contributed by atoms with Gasteiger partial charge in [-0.05, 0) is 0 Å². The Morgan fingerprint density at radius 3 is 1.64 bits per heavy atom. The minimum atomic E-state index is 0.494. The molecule has 2 N–H and O–H groups in total. The van der Waals surface area contributed by atoms with Crippen molar-refractivity contribution in [1.82, 2.24) is 9.97 Å². The molecular formula is C18H10N2Se2. The van der Waals surface area contributed by atoms with Crippen LogP contribution in [-0.4, -0.2) is 39.0 Å². The summed E-state index contributed by atoms with van der Waals surface area (Å²) in [5, 5.41) is 5.43. The fourth-order valence-corrected chi connectivity index (χ4v) is 6.84. The van der Waals surface area contributed by atoms with E-state index in [2.05, 4.69) is 56.2 Å². The first-order chi connectivity index (χ1) is 10.9. The molecule has 0 spiro atoms. The summed E-state index contributed by atoms with van der Waals surface area (Å²) in [6, 6.07) is 13.8. The topological polar surface area (TPSA) is 31.6 Å². The number of fused-ring (bicyclic) bond motifs is 7. The summed E-state index contributed by atoms with van der Waals surface area (Å²) >= 11 is 0.987. The Hall–Kier alpha value is -1.70. The molecule has 4 aromatic heterocycles. The number of rotatable bonds is 0. The van der Waals surface area contributed by atoms with Crippen LogP contribution in [0.3, 0.4) is 0 Å². The maximum atomic E-state index is 3.65. The number of aromatic amines is 2. The molecular weight excluding hydrogens is 402 g/mol. The second-order valence-corrected chi connectivity index (χ2v) is 9.69. The van der Waals surface area contributed by atoms with Gasteiger partial charge in [-0.25, -0.2) is 0 Å². The van der Waals surface area contributed by atoms with Gasteiger partial charge in [0.15, 0.2) is 0 Å². The predicted octanol–water partition coefficient (Wildman–Crippen LogP) is 4.22. The number of benzene rings is 2. The molecule has 0 aliphatic heterocycles. The molecule has 0 aliphatic carbocycles. The molecule has 6 aromatic rings. The number of hydrogen-bond donors (Lipinski definition) is 2. The fourth-order valence-electron chi connectivity index (χ4n) is 3.44. The summed E-state index contributed by atoms with van der Waals surface area (Å²) in [5.74, 6) is 0. The molecule has 0 unspecified atom stereocenters. The van der Waals surface area contributed by atoms with E-state index in [1.807, 2.05) is 0 Å². The zero-order valence-electron chi connectivity index (χ0n) is 11.4. The van der Waals surface area contributed by atoms with E-state index < -0.39 is 0 Å². The van der Waals surface area contributed by atoms with Crippen LogP contribution >= 0.6 is 0 Å². The second kappa shape index (κ2) is 3.98. The van der Waals surface area contributed by atoms with Crippen molar-refractivity contribution in [3.05, 3.63) is 46.3 Å². The molecule has 2 aromatic carbocycles. The summed E-state index contributed by atoms with van der Waals surface area (Å²) < 4.78 is 2.99. The molecule has 0 amide bonds. The van der Waals surface area contributed by atoms with Crippen molar-refractivity contribution in [2.24, 2.45) is 0 Å². The van der Waals surface area contributed by atoms with Crippen molar-refractivity contribution >= 4 is 81.1 Å². The van der Waals surface area contributed by atoms with Crippen LogP contribution in [0.25, 0.3) is 52.1 Å². The van der Waals surface area contributed by atoms with Gasteiger partial charge in [0.25, 0.3) is 0 Å². The second-order valence-electron chi connectivity index (χ2n) is 5.71. The first-order valence-electron chi connectivity index (χ1n) is 7.18. The first kappa shape index (κ1) is 11.8. The van der Waals surface area contributed by atoms with Crippen molar-refractivity contribution in [2.45, 2.75) is 0 Å². The van der Waals surface area contributed by atoms with Gasteiger partial charge in [0.1, 0.15) is 0 Å². The van der Waals surface area contributed by atoms with Crippen LogP contribution in [0.5, 0.6) is 0 Å². The molecule has 0 fully saturated rings. The van der Waals surface area contributed by atoms with Gasteiger partial charge in [-0.2, -0.15) is 0 Å². The van der Waals surface area contributed by atoms with E-state index in [0.29, 0.717) is 29.0 Å². The molecule has 4 heterocycles. The molecule has 0 saturated carbocycles. The van der Waals surface area contributed by atoms with Crippen LogP contribution in [0.2, 0.25) is 0 Å². The Balaban J connectivity index is 1.86. The standard InChI is InChI=1S/C18H10N2Se2/c1-3-21-15-7-11-13(5-9(1)15)19-18-12-8-16-10(2-4-22-16)6-14(12)20-17(11)18/h1-8,19-20H. The van der Waals surface area contributed by atoms with E-state index in [4.69, 9.17) is 0 Å². The van der Waals surface area contributed by atoms with Crippen molar-refractivity contribution in [1.29, 1.82) is 0 Å². The third-order valence-corrected chi connectivity index (χ3v) is 8.18. The third-order valence-electron chi connectivity index (χ3n) is 4.49. The maximum absolute atomic E-state index is 3.65. The van der Waals surface area contributed by atoms with Gasteiger partial charge < -0.3 is 0 Å². The number of H-pyrrole nitrogens is 2. The predicted molar refractivity (Wildman–Crippen MR) is 96.6 cm³/mol. The van der Waals surface area contributed by atoms with E-state index in [-0.39, 0.29) is 0 Å². The Labute approximate surface area is 137 Å². The molecule has 104 valence electrons. The molecule has 22 heavy (non-hydrogen) atoms. The Morgan fingerprint density at radius 1 is 0.636 bits per heavy atom. The molecule has 0 radical (unpaired) electrons. The van der Waals surface area contributed by atoms with E-state index >= 15 is 0 Å². The van der Waals surface area contributed by atoms with Crippen LogP contribution in [-0.2, 0) is 0 Å².